The first-order valence-corrected chi connectivity index (χ1v) is 21.9. The van der Waals surface area contributed by atoms with E-state index in [2.05, 4.69) is 215 Å². The molecule has 0 aliphatic heterocycles. The predicted molar refractivity (Wildman–Crippen MR) is 274 cm³/mol. The van der Waals surface area contributed by atoms with Crippen molar-refractivity contribution in [3.63, 3.8) is 0 Å². The van der Waals surface area contributed by atoms with Crippen LogP contribution < -0.4 is 19.3 Å². The van der Waals surface area contributed by atoms with Crippen LogP contribution in [0.2, 0.25) is 0 Å². The molecule has 0 atom stereocenters. The van der Waals surface area contributed by atoms with Gasteiger partial charge in [-0.3, -0.25) is 0 Å². The van der Waals surface area contributed by atoms with Crippen LogP contribution in [0.1, 0.15) is 55.6 Å². The number of hydrogen-bond acceptors (Lipinski definition) is 4. The number of anilines is 6. The van der Waals surface area contributed by atoms with E-state index >= 15 is 0 Å². The van der Waals surface area contributed by atoms with Gasteiger partial charge in [0.25, 0.3) is 0 Å². The summed E-state index contributed by atoms with van der Waals surface area (Å²) >= 11 is 0. The zero-order valence-electron chi connectivity index (χ0n) is 38.2. The van der Waals surface area contributed by atoms with Crippen LogP contribution >= 0.6 is 0 Å². The van der Waals surface area contributed by atoms with Gasteiger partial charge < -0.3 is 19.3 Å². The van der Waals surface area contributed by atoms with E-state index in [1.807, 2.05) is 30.3 Å². The minimum atomic E-state index is 0.850. The van der Waals surface area contributed by atoms with Gasteiger partial charge in [0.2, 0.25) is 0 Å². The summed E-state index contributed by atoms with van der Waals surface area (Å²) in [6, 6.07) is 60.9. The van der Waals surface area contributed by atoms with E-state index in [1.54, 1.807) is 14.2 Å². The molecule has 0 amide bonds. The maximum atomic E-state index is 5.42. The topological polar surface area (TPSA) is 24.9 Å². The maximum absolute atomic E-state index is 5.42. The van der Waals surface area contributed by atoms with Crippen molar-refractivity contribution in [2.45, 2.75) is 41.5 Å². The zero-order chi connectivity index (χ0) is 44.7. The minimum Gasteiger partial charge on any atom is -0.497 e. The van der Waals surface area contributed by atoms with Gasteiger partial charge in [0.15, 0.2) is 0 Å². The molecule has 0 radical (unpaired) electrons. The molecule has 8 rings (SSSR count). The van der Waals surface area contributed by atoms with E-state index in [0.717, 1.165) is 67.6 Å². The van der Waals surface area contributed by atoms with Crippen molar-refractivity contribution in [3.8, 4) is 22.6 Å². The number of rotatable bonds is 13. The van der Waals surface area contributed by atoms with Crippen LogP contribution in [0.25, 0.3) is 35.4 Å². The van der Waals surface area contributed by atoms with Crippen LogP contribution in [0.5, 0.6) is 11.5 Å². The van der Waals surface area contributed by atoms with E-state index in [1.165, 1.54) is 44.8 Å². The highest BCUT2D eigenvalue weighted by Crippen LogP contribution is 2.42. The standard InChI is InChI=1S/C60H56N2O2/c1-41-36-43(3)59(44(4)37-41)61(53-26-16-47(17-27-53)12-13-49-20-34-57(63-7)35-21-49)55-30-22-51(23-31-55)52-24-32-56(33-25-52)62(60-45(5)38-42(2)39-46(60)6)54-28-18-48(19-29-54)14-15-50-10-9-11-58(40-50)64-8/h9-40H,1-8H3/b13-12+,15-14+. The Labute approximate surface area is 380 Å². The third-order valence-corrected chi connectivity index (χ3v) is 11.8. The highest BCUT2D eigenvalue weighted by atomic mass is 16.5. The number of nitrogens with zero attached hydrogens (tertiary/aromatic N) is 2. The monoisotopic (exact) mass is 836 g/mol. The van der Waals surface area contributed by atoms with Crippen molar-refractivity contribution in [2.24, 2.45) is 0 Å². The first-order valence-electron chi connectivity index (χ1n) is 21.9. The average molecular weight is 837 g/mol. The molecule has 0 saturated heterocycles. The summed E-state index contributed by atoms with van der Waals surface area (Å²) in [5, 5.41) is 0. The van der Waals surface area contributed by atoms with Crippen LogP contribution in [0, 0.1) is 41.5 Å². The SMILES string of the molecule is COc1ccc(/C=C/c2ccc(N(c3ccc(-c4ccc(N(c5ccc(/C=C/c6cccc(OC)c6)cc5)c5c(C)cc(C)cc5C)cc4)cc3)c3c(C)cc(C)cc3C)cc2)cc1. The Morgan fingerprint density at radius 2 is 0.656 bits per heavy atom. The number of hydrogen-bond donors (Lipinski definition) is 0. The molecule has 0 unspecified atom stereocenters. The smallest absolute Gasteiger partial charge is 0.119 e. The third kappa shape index (κ3) is 9.72. The Balaban J connectivity index is 1.08. The van der Waals surface area contributed by atoms with Crippen LogP contribution in [0.15, 0.2) is 170 Å². The lowest BCUT2D eigenvalue weighted by molar-refractivity contribution is 0.414. The fourth-order valence-corrected chi connectivity index (χ4v) is 8.78. The van der Waals surface area contributed by atoms with Gasteiger partial charge in [-0.1, -0.05) is 132 Å². The van der Waals surface area contributed by atoms with Crippen molar-refractivity contribution >= 4 is 58.4 Å². The van der Waals surface area contributed by atoms with E-state index in [-0.39, 0.29) is 0 Å². The lowest BCUT2D eigenvalue weighted by Gasteiger charge is -2.29. The summed E-state index contributed by atoms with van der Waals surface area (Å²) in [5.41, 5.74) is 21.1. The minimum absolute atomic E-state index is 0.850. The van der Waals surface area contributed by atoms with Gasteiger partial charge in [0.1, 0.15) is 11.5 Å². The van der Waals surface area contributed by atoms with Crippen LogP contribution in [0.3, 0.4) is 0 Å². The van der Waals surface area contributed by atoms with Gasteiger partial charge in [-0.05, 0) is 170 Å². The summed E-state index contributed by atoms with van der Waals surface area (Å²) in [6.45, 7) is 13.2. The van der Waals surface area contributed by atoms with Crippen LogP contribution in [0.4, 0.5) is 34.1 Å². The van der Waals surface area contributed by atoms with Crippen LogP contribution in [-0.2, 0) is 0 Å². The van der Waals surface area contributed by atoms with Gasteiger partial charge in [0.05, 0.1) is 25.6 Å². The Morgan fingerprint density at radius 1 is 0.328 bits per heavy atom. The largest absolute Gasteiger partial charge is 0.497 e. The van der Waals surface area contributed by atoms with Crippen LogP contribution in [-0.4, -0.2) is 14.2 Å². The van der Waals surface area contributed by atoms with Crippen molar-refractivity contribution in [2.75, 3.05) is 24.0 Å². The van der Waals surface area contributed by atoms with Gasteiger partial charge in [-0.15, -0.1) is 0 Å². The third-order valence-electron chi connectivity index (χ3n) is 11.8. The summed E-state index contributed by atoms with van der Waals surface area (Å²) in [7, 11) is 3.39. The molecule has 0 N–H and O–H groups in total. The first-order chi connectivity index (χ1) is 31.1. The Bertz CT molecular complexity index is 2880. The molecule has 0 saturated carbocycles. The number of ether oxygens (including phenoxy) is 2. The zero-order valence-corrected chi connectivity index (χ0v) is 38.2. The molecule has 0 fully saturated rings. The van der Waals surface area contributed by atoms with E-state index in [4.69, 9.17) is 9.47 Å². The quantitative estimate of drug-likeness (QED) is 0.108. The molecule has 8 aromatic carbocycles. The Kier molecular flexibility index (Phi) is 12.9. The molecule has 0 aromatic heterocycles. The molecular weight excluding hydrogens is 781 g/mol. The lowest BCUT2D eigenvalue weighted by Crippen LogP contribution is -2.13. The molecule has 0 aliphatic rings. The van der Waals surface area contributed by atoms with Gasteiger partial charge >= 0.3 is 0 Å². The molecule has 4 nitrogen and oxygen atoms in total. The second kappa shape index (κ2) is 19.2. The second-order valence-electron chi connectivity index (χ2n) is 16.7. The predicted octanol–water partition coefficient (Wildman–Crippen LogP) is 16.5. The van der Waals surface area contributed by atoms with Crippen molar-refractivity contribution in [1.82, 2.24) is 0 Å². The van der Waals surface area contributed by atoms with E-state index in [0.29, 0.717) is 0 Å². The molecule has 0 bridgehead atoms. The van der Waals surface area contributed by atoms with Crippen molar-refractivity contribution in [3.05, 3.63) is 225 Å². The van der Waals surface area contributed by atoms with Crippen molar-refractivity contribution in [1.29, 1.82) is 0 Å². The highest BCUT2D eigenvalue weighted by molar-refractivity contribution is 5.85. The molecule has 8 aromatic rings. The second-order valence-corrected chi connectivity index (χ2v) is 16.7. The number of aryl methyl sites for hydroxylation is 6. The maximum Gasteiger partial charge on any atom is 0.119 e. The highest BCUT2D eigenvalue weighted by Gasteiger charge is 2.20. The van der Waals surface area contributed by atoms with Crippen molar-refractivity contribution < 1.29 is 9.47 Å². The first kappa shape index (κ1) is 43.1. The van der Waals surface area contributed by atoms with Gasteiger partial charge in [-0.25, -0.2) is 0 Å². The summed E-state index contributed by atoms with van der Waals surface area (Å²) in [4.78, 5) is 4.77. The van der Waals surface area contributed by atoms with Gasteiger partial charge in [0, 0.05) is 22.7 Å². The molecule has 0 spiro atoms. The molecule has 0 aliphatic carbocycles. The fourth-order valence-electron chi connectivity index (χ4n) is 8.78. The number of methoxy groups -OCH3 is 2. The Morgan fingerprint density at radius 3 is 1.02 bits per heavy atom. The average Bonchev–Trinajstić information content (AvgIpc) is 3.31. The lowest BCUT2D eigenvalue weighted by atomic mass is 10.00. The Hall–Kier alpha value is -7.56. The number of benzene rings is 8. The summed E-state index contributed by atoms with van der Waals surface area (Å²) in [5.74, 6) is 1.71. The molecule has 4 heteroatoms. The molecule has 0 heterocycles. The summed E-state index contributed by atoms with van der Waals surface area (Å²) in [6.07, 6.45) is 8.56. The summed E-state index contributed by atoms with van der Waals surface area (Å²) < 4.78 is 10.8. The van der Waals surface area contributed by atoms with E-state index in [9.17, 15) is 0 Å². The molecular formula is C60H56N2O2. The van der Waals surface area contributed by atoms with E-state index < -0.39 is 0 Å². The normalized spacial score (nSPS) is 11.3. The molecule has 318 valence electrons. The fraction of sp³-hybridized carbons (Fsp3) is 0.133. The van der Waals surface area contributed by atoms with Gasteiger partial charge in [-0.2, -0.15) is 0 Å². The molecule has 64 heavy (non-hydrogen) atoms.